The molecule has 4 aromatic rings. The van der Waals surface area contributed by atoms with Crippen molar-refractivity contribution in [2.75, 3.05) is 24.5 Å². The fourth-order valence-electron chi connectivity index (χ4n) is 8.74. The van der Waals surface area contributed by atoms with Crippen molar-refractivity contribution >= 4 is 23.0 Å². The van der Waals surface area contributed by atoms with Gasteiger partial charge in [-0.2, -0.15) is 0 Å². The van der Waals surface area contributed by atoms with Crippen LogP contribution in [0.1, 0.15) is 74.9 Å². The highest BCUT2D eigenvalue weighted by atomic mass is 16.4. The first-order valence-electron chi connectivity index (χ1n) is 16.0. The van der Waals surface area contributed by atoms with Crippen molar-refractivity contribution in [1.29, 1.82) is 0 Å². The molecule has 44 heavy (non-hydrogen) atoms. The highest BCUT2D eigenvalue weighted by molar-refractivity contribution is 5.86. The predicted molar refractivity (Wildman–Crippen MR) is 166 cm³/mol. The van der Waals surface area contributed by atoms with Gasteiger partial charge < -0.3 is 25.0 Å². The molecule has 3 aromatic heterocycles. The first-order valence-corrected chi connectivity index (χ1v) is 16.0. The lowest BCUT2D eigenvalue weighted by Crippen LogP contribution is -2.62. The third kappa shape index (κ3) is 4.29. The molecular weight excluding hydrogens is 554 g/mol. The topological polar surface area (TPSA) is 131 Å². The maximum absolute atomic E-state index is 11.4. The van der Waals surface area contributed by atoms with Gasteiger partial charge in [-0.3, -0.25) is 4.79 Å². The normalized spacial score (nSPS) is 28.9. The number of rotatable bonds is 5. The van der Waals surface area contributed by atoms with E-state index in [1.807, 2.05) is 24.4 Å². The van der Waals surface area contributed by atoms with Gasteiger partial charge in [-0.15, -0.1) is 10.2 Å². The largest absolute Gasteiger partial charge is 0.507 e. The number of aromatic hydroxyl groups is 1. The molecule has 1 spiro atoms. The number of piperidine rings is 1. The number of carboxylic acids is 1. The van der Waals surface area contributed by atoms with Crippen LogP contribution in [0.15, 0.2) is 42.6 Å². The van der Waals surface area contributed by atoms with Crippen LogP contribution in [0, 0.1) is 17.3 Å². The first-order chi connectivity index (χ1) is 21.3. The number of benzene rings is 1. The summed E-state index contributed by atoms with van der Waals surface area (Å²) in [6.45, 7) is 7.29. The molecule has 1 saturated heterocycles. The molecule has 228 valence electrons. The van der Waals surface area contributed by atoms with Crippen molar-refractivity contribution in [3.05, 3.63) is 59.5 Å². The number of H-pyrrole nitrogens is 1. The van der Waals surface area contributed by atoms with Crippen molar-refractivity contribution in [1.82, 2.24) is 30.0 Å². The second-order valence-electron chi connectivity index (χ2n) is 13.6. The molecule has 10 nitrogen and oxygen atoms in total. The van der Waals surface area contributed by atoms with Crippen LogP contribution in [0.5, 0.6) is 5.75 Å². The SMILES string of the molecule is CC1c2c([nH]c3nnc(-c4ccccc4O)cc23)CCN1c1nccc(C2CCN(C3CC4(CC(C(=O)O)[C@H]4C)C3)CC2)n1. The summed E-state index contributed by atoms with van der Waals surface area (Å²) in [7, 11) is 0. The molecule has 3 N–H and O–H groups in total. The number of nitrogens with zero attached hydrogens (tertiary/aromatic N) is 6. The van der Waals surface area contributed by atoms with Crippen LogP contribution in [0.4, 0.5) is 5.95 Å². The van der Waals surface area contributed by atoms with Gasteiger partial charge in [0.2, 0.25) is 5.95 Å². The lowest BCUT2D eigenvalue weighted by molar-refractivity contribution is -0.178. The summed E-state index contributed by atoms with van der Waals surface area (Å²) < 4.78 is 0. The first kappa shape index (κ1) is 27.5. The van der Waals surface area contributed by atoms with Crippen LogP contribution < -0.4 is 4.90 Å². The van der Waals surface area contributed by atoms with Crippen LogP contribution in [0.2, 0.25) is 0 Å². The second-order valence-corrected chi connectivity index (χ2v) is 13.6. The smallest absolute Gasteiger partial charge is 0.306 e. The summed E-state index contributed by atoms with van der Waals surface area (Å²) in [6.07, 6.45) is 8.09. The fraction of sp³-hybridized carbons (Fsp3) is 0.500. The molecular formula is C34H39N7O3. The number of carbonyl (C=O) groups is 1. The molecule has 2 saturated carbocycles. The summed E-state index contributed by atoms with van der Waals surface area (Å²) in [5.74, 6) is 0.918. The van der Waals surface area contributed by atoms with Crippen LogP contribution in [0.25, 0.3) is 22.3 Å². The number of likely N-dealkylation sites (tertiary alicyclic amines) is 1. The Kier molecular flexibility index (Phi) is 6.41. The summed E-state index contributed by atoms with van der Waals surface area (Å²) >= 11 is 0. The van der Waals surface area contributed by atoms with Crippen LogP contribution in [-0.4, -0.2) is 71.9 Å². The Morgan fingerprint density at radius 2 is 1.84 bits per heavy atom. The van der Waals surface area contributed by atoms with E-state index in [-0.39, 0.29) is 23.1 Å². The van der Waals surface area contributed by atoms with Gasteiger partial charge in [0.1, 0.15) is 5.75 Å². The minimum absolute atomic E-state index is 0.0478. The maximum Gasteiger partial charge on any atom is 0.306 e. The Labute approximate surface area is 256 Å². The third-order valence-corrected chi connectivity index (χ3v) is 11.5. The van der Waals surface area contributed by atoms with Crippen LogP contribution >= 0.6 is 0 Å². The van der Waals surface area contributed by atoms with Crippen molar-refractivity contribution in [2.45, 2.75) is 70.4 Å². The lowest BCUT2D eigenvalue weighted by Gasteiger charge is -2.63. The summed E-state index contributed by atoms with van der Waals surface area (Å²) in [4.78, 5) is 29.7. The molecule has 2 unspecified atom stereocenters. The van der Waals surface area contributed by atoms with E-state index in [0.717, 1.165) is 80.8 Å². The molecule has 3 atom stereocenters. The lowest BCUT2D eigenvalue weighted by atomic mass is 9.44. The fourth-order valence-corrected chi connectivity index (χ4v) is 8.74. The number of aliphatic carboxylic acids is 1. The Hall–Kier alpha value is -4.05. The monoisotopic (exact) mass is 593 g/mol. The van der Waals surface area contributed by atoms with E-state index in [1.54, 1.807) is 12.1 Å². The van der Waals surface area contributed by atoms with Gasteiger partial charge in [-0.1, -0.05) is 19.1 Å². The molecule has 0 bridgehead atoms. The molecule has 10 heteroatoms. The molecule has 5 heterocycles. The van der Waals surface area contributed by atoms with E-state index in [9.17, 15) is 15.0 Å². The Morgan fingerprint density at radius 1 is 1.05 bits per heavy atom. The van der Waals surface area contributed by atoms with Crippen LogP contribution in [-0.2, 0) is 11.2 Å². The molecule has 1 aromatic carbocycles. The zero-order valence-corrected chi connectivity index (χ0v) is 25.3. The summed E-state index contributed by atoms with van der Waals surface area (Å²) in [5, 5.41) is 29.7. The number of aromatic nitrogens is 5. The quantitative estimate of drug-likeness (QED) is 0.282. The van der Waals surface area contributed by atoms with E-state index in [0.29, 0.717) is 29.1 Å². The van der Waals surface area contributed by atoms with Gasteiger partial charge in [0, 0.05) is 59.0 Å². The van der Waals surface area contributed by atoms with E-state index < -0.39 is 5.97 Å². The predicted octanol–water partition coefficient (Wildman–Crippen LogP) is 5.31. The molecule has 3 fully saturated rings. The molecule has 2 aliphatic carbocycles. The van der Waals surface area contributed by atoms with Gasteiger partial charge in [0.25, 0.3) is 0 Å². The number of anilines is 1. The number of phenols is 1. The van der Waals surface area contributed by atoms with Crippen molar-refractivity contribution < 1.29 is 15.0 Å². The van der Waals surface area contributed by atoms with E-state index in [1.165, 1.54) is 11.3 Å². The van der Waals surface area contributed by atoms with Crippen LogP contribution in [0.3, 0.4) is 0 Å². The number of fused-ring (bicyclic) bond motifs is 3. The zero-order chi connectivity index (χ0) is 30.2. The number of hydrogen-bond acceptors (Lipinski definition) is 8. The maximum atomic E-state index is 11.4. The molecule has 0 radical (unpaired) electrons. The Balaban J connectivity index is 0.961. The minimum atomic E-state index is -0.620. The van der Waals surface area contributed by atoms with E-state index >= 15 is 0 Å². The second kappa shape index (κ2) is 10.3. The third-order valence-electron chi connectivity index (χ3n) is 11.5. The highest BCUT2D eigenvalue weighted by Gasteiger charge is 2.61. The average Bonchev–Trinajstić information content (AvgIpc) is 3.39. The molecule has 8 rings (SSSR count). The average molecular weight is 594 g/mol. The number of carboxylic acid groups (broad SMARTS) is 1. The van der Waals surface area contributed by atoms with E-state index in [4.69, 9.17) is 9.97 Å². The number of hydrogen-bond donors (Lipinski definition) is 3. The van der Waals surface area contributed by atoms with Gasteiger partial charge in [-0.25, -0.2) is 9.97 Å². The van der Waals surface area contributed by atoms with Gasteiger partial charge in [0.05, 0.1) is 17.7 Å². The van der Waals surface area contributed by atoms with Crippen molar-refractivity contribution in [3.63, 3.8) is 0 Å². The minimum Gasteiger partial charge on any atom is -0.507 e. The Morgan fingerprint density at radius 3 is 2.59 bits per heavy atom. The number of aromatic amines is 1. The number of para-hydroxylation sites is 1. The highest BCUT2D eigenvalue weighted by Crippen LogP contribution is 2.63. The van der Waals surface area contributed by atoms with Gasteiger partial charge >= 0.3 is 5.97 Å². The summed E-state index contributed by atoms with van der Waals surface area (Å²) in [5.41, 5.74) is 5.84. The zero-order valence-electron chi connectivity index (χ0n) is 25.3. The number of nitrogens with one attached hydrogen (secondary N) is 1. The van der Waals surface area contributed by atoms with Gasteiger partial charge in [-0.05, 0) is 87.7 Å². The van der Waals surface area contributed by atoms with E-state index in [2.05, 4.69) is 44.9 Å². The standard InChI is InChI=1S/C34H39N7O3/c1-19-25(32(43)44)18-34(19)16-22(17-34)40-12-8-21(9-13-40)26-7-11-35-33(37-26)41-14-10-27-30(20(41)2)24-15-28(38-39-31(24)36-27)23-5-3-4-6-29(23)42/h3-7,11,15,19-22,25,42H,8-10,12-14,16-18H2,1-2H3,(H,36,39)(H,43,44)/t19-,20?,22?,25?,34?/m1/s1. The summed E-state index contributed by atoms with van der Waals surface area (Å²) in [6, 6.07) is 12.0. The number of phenolic OH excluding ortho intramolecular Hbond substituents is 1. The molecule has 0 amide bonds. The van der Waals surface area contributed by atoms with Gasteiger partial charge in [0.15, 0.2) is 5.65 Å². The Bertz CT molecular complexity index is 1740. The van der Waals surface area contributed by atoms with Crippen molar-refractivity contribution in [3.8, 4) is 17.0 Å². The van der Waals surface area contributed by atoms with Crippen molar-refractivity contribution in [2.24, 2.45) is 17.3 Å². The molecule has 2 aliphatic heterocycles. The molecule has 4 aliphatic rings.